The van der Waals surface area contributed by atoms with Gasteiger partial charge < -0.3 is 15.0 Å². The van der Waals surface area contributed by atoms with Crippen LogP contribution in [0.5, 0.6) is 0 Å². The van der Waals surface area contributed by atoms with Gasteiger partial charge in [0.1, 0.15) is 5.69 Å². The lowest BCUT2D eigenvalue weighted by atomic mass is 9.99. The number of likely N-dealkylation sites (tertiary alicyclic amines) is 2. The first-order valence-electron chi connectivity index (χ1n) is 8.56. The number of hydrogen-bond acceptors (Lipinski definition) is 3. The maximum Gasteiger partial charge on any atom is 0.270 e. The predicted octanol–water partition coefficient (Wildman–Crippen LogP) is 1.64. The van der Waals surface area contributed by atoms with E-state index in [0.29, 0.717) is 11.7 Å². The Hall–Kier alpha value is -1.33. The van der Waals surface area contributed by atoms with Gasteiger partial charge in [0.25, 0.3) is 5.91 Å². The first-order chi connectivity index (χ1) is 10.7. The number of carbonyl (C=O) groups excluding carboxylic acids is 1. The molecule has 3 heterocycles. The standard InChI is InChI=1S/C17H27N3O2/c1-2-13-5-6-16(18-13)17(22)19-10-7-14(8-11-19)20-9-3-4-15(21)12-20/h5-6,14-15,18,21H,2-4,7-12H2,1H3/t15-/m1/s1. The molecule has 0 aliphatic carbocycles. The minimum Gasteiger partial charge on any atom is -0.392 e. The lowest BCUT2D eigenvalue weighted by Crippen LogP contribution is -2.50. The first-order valence-corrected chi connectivity index (χ1v) is 8.56. The van der Waals surface area contributed by atoms with Crippen LogP contribution in [0.1, 0.15) is 48.8 Å². The third kappa shape index (κ3) is 3.36. The molecule has 2 N–H and O–H groups in total. The molecule has 0 radical (unpaired) electrons. The van der Waals surface area contributed by atoms with E-state index in [2.05, 4.69) is 16.8 Å². The van der Waals surface area contributed by atoms with Gasteiger partial charge in [-0.25, -0.2) is 0 Å². The smallest absolute Gasteiger partial charge is 0.270 e. The van der Waals surface area contributed by atoms with E-state index < -0.39 is 0 Å². The molecule has 0 unspecified atom stereocenters. The second-order valence-electron chi connectivity index (χ2n) is 6.57. The summed E-state index contributed by atoms with van der Waals surface area (Å²) in [6.07, 6.45) is 4.80. The van der Waals surface area contributed by atoms with E-state index in [-0.39, 0.29) is 12.0 Å². The number of rotatable bonds is 3. The Morgan fingerprint density at radius 1 is 1.27 bits per heavy atom. The van der Waals surface area contributed by atoms with Crippen molar-refractivity contribution in [2.75, 3.05) is 26.2 Å². The van der Waals surface area contributed by atoms with Crippen LogP contribution in [-0.4, -0.2) is 64.1 Å². The van der Waals surface area contributed by atoms with Gasteiger partial charge >= 0.3 is 0 Å². The zero-order valence-corrected chi connectivity index (χ0v) is 13.4. The summed E-state index contributed by atoms with van der Waals surface area (Å²) in [5.41, 5.74) is 1.82. The molecule has 5 heteroatoms. The number of aliphatic hydroxyl groups is 1. The highest BCUT2D eigenvalue weighted by atomic mass is 16.3. The van der Waals surface area contributed by atoms with Gasteiger partial charge in [0, 0.05) is 31.4 Å². The van der Waals surface area contributed by atoms with Gasteiger partial charge in [-0.2, -0.15) is 0 Å². The van der Waals surface area contributed by atoms with Crippen LogP contribution < -0.4 is 0 Å². The third-order valence-corrected chi connectivity index (χ3v) is 5.05. The Balaban J connectivity index is 1.53. The molecule has 2 aliphatic rings. The molecule has 0 aromatic carbocycles. The van der Waals surface area contributed by atoms with Crippen molar-refractivity contribution >= 4 is 5.91 Å². The molecule has 1 aromatic rings. The molecule has 1 amide bonds. The Morgan fingerprint density at radius 3 is 2.68 bits per heavy atom. The molecule has 0 saturated carbocycles. The minimum absolute atomic E-state index is 0.122. The minimum atomic E-state index is -0.167. The average molecular weight is 305 g/mol. The number of nitrogens with one attached hydrogen (secondary N) is 1. The lowest BCUT2D eigenvalue weighted by molar-refractivity contribution is 0.0239. The van der Waals surface area contributed by atoms with E-state index in [1.165, 1.54) is 0 Å². The molecule has 5 nitrogen and oxygen atoms in total. The summed E-state index contributed by atoms with van der Waals surface area (Å²) in [5.74, 6) is 0.122. The SMILES string of the molecule is CCc1ccc(C(=O)N2CCC(N3CCC[C@@H](O)C3)CC2)[nH]1. The molecule has 2 fully saturated rings. The number of hydrogen-bond donors (Lipinski definition) is 2. The normalized spacial score (nSPS) is 24.6. The number of aromatic nitrogens is 1. The molecular weight excluding hydrogens is 278 g/mol. The van der Waals surface area contributed by atoms with Crippen LogP contribution in [-0.2, 0) is 6.42 Å². The Kier molecular flexibility index (Phi) is 4.84. The lowest BCUT2D eigenvalue weighted by Gasteiger charge is -2.41. The zero-order chi connectivity index (χ0) is 15.5. The molecule has 122 valence electrons. The maximum atomic E-state index is 12.5. The van der Waals surface area contributed by atoms with Crippen molar-refractivity contribution < 1.29 is 9.90 Å². The van der Waals surface area contributed by atoms with Crippen molar-refractivity contribution in [3.63, 3.8) is 0 Å². The van der Waals surface area contributed by atoms with Crippen LogP contribution in [0.3, 0.4) is 0 Å². The number of nitrogens with zero attached hydrogens (tertiary/aromatic N) is 2. The molecule has 1 atom stereocenters. The van der Waals surface area contributed by atoms with Gasteiger partial charge in [-0.05, 0) is 50.8 Å². The van der Waals surface area contributed by atoms with E-state index in [9.17, 15) is 9.90 Å². The summed E-state index contributed by atoms with van der Waals surface area (Å²) in [7, 11) is 0. The molecule has 0 spiro atoms. The summed E-state index contributed by atoms with van der Waals surface area (Å²) >= 11 is 0. The molecule has 3 rings (SSSR count). The number of β-amino-alcohol motifs (C(OH)–C–C–N with tert-alkyl or cyclic N) is 1. The second-order valence-corrected chi connectivity index (χ2v) is 6.57. The highest BCUT2D eigenvalue weighted by Gasteiger charge is 2.30. The highest BCUT2D eigenvalue weighted by Crippen LogP contribution is 2.22. The Labute approximate surface area is 132 Å². The van der Waals surface area contributed by atoms with Crippen molar-refractivity contribution in [3.05, 3.63) is 23.5 Å². The second kappa shape index (κ2) is 6.84. The Morgan fingerprint density at radius 2 is 2.05 bits per heavy atom. The van der Waals surface area contributed by atoms with Gasteiger partial charge in [-0.15, -0.1) is 0 Å². The van der Waals surface area contributed by atoms with Crippen LogP contribution in [0, 0.1) is 0 Å². The third-order valence-electron chi connectivity index (χ3n) is 5.05. The fourth-order valence-electron chi connectivity index (χ4n) is 3.69. The number of aromatic amines is 1. The highest BCUT2D eigenvalue weighted by molar-refractivity contribution is 5.92. The van der Waals surface area contributed by atoms with E-state index in [1.54, 1.807) is 0 Å². The molecule has 1 aromatic heterocycles. The van der Waals surface area contributed by atoms with Crippen molar-refractivity contribution in [2.24, 2.45) is 0 Å². The number of aryl methyl sites for hydroxylation is 1. The van der Waals surface area contributed by atoms with Gasteiger partial charge in [-0.3, -0.25) is 9.69 Å². The van der Waals surface area contributed by atoms with Crippen LogP contribution in [0.2, 0.25) is 0 Å². The average Bonchev–Trinajstić information content (AvgIpc) is 3.03. The maximum absolute atomic E-state index is 12.5. The van der Waals surface area contributed by atoms with E-state index in [1.807, 2.05) is 17.0 Å². The van der Waals surface area contributed by atoms with Crippen LogP contribution >= 0.6 is 0 Å². The fourth-order valence-corrected chi connectivity index (χ4v) is 3.69. The summed E-state index contributed by atoms with van der Waals surface area (Å²) in [6, 6.07) is 4.41. The summed E-state index contributed by atoms with van der Waals surface area (Å²) < 4.78 is 0. The molecule has 2 aliphatic heterocycles. The zero-order valence-electron chi connectivity index (χ0n) is 13.4. The first kappa shape index (κ1) is 15.6. The van der Waals surface area contributed by atoms with Crippen molar-refractivity contribution in [1.82, 2.24) is 14.8 Å². The topological polar surface area (TPSA) is 59.6 Å². The number of aliphatic hydroxyl groups excluding tert-OH is 1. The number of piperidine rings is 2. The van der Waals surface area contributed by atoms with Crippen LogP contribution in [0.4, 0.5) is 0 Å². The fraction of sp³-hybridized carbons (Fsp3) is 0.706. The van der Waals surface area contributed by atoms with Gasteiger partial charge in [0.2, 0.25) is 0 Å². The van der Waals surface area contributed by atoms with Gasteiger partial charge in [-0.1, -0.05) is 6.92 Å². The van der Waals surface area contributed by atoms with E-state index >= 15 is 0 Å². The molecule has 0 bridgehead atoms. The molecular formula is C17H27N3O2. The van der Waals surface area contributed by atoms with Crippen molar-refractivity contribution in [2.45, 2.75) is 51.2 Å². The number of amides is 1. The van der Waals surface area contributed by atoms with Gasteiger partial charge in [0.15, 0.2) is 0 Å². The summed E-state index contributed by atoms with van der Waals surface area (Å²) in [5, 5.41) is 9.81. The predicted molar refractivity (Wildman–Crippen MR) is 85.9 cm³/mol. The molecule has 22 heavy (non-hydrogen) atoms. The van der Waals surface area contributed by atoms with E-state index in [4.69, 9.17) is 0 Å². The Bertz CT molecular complexity index is 506. The number of carbonyl (C=O) groups is 1. The van der Waals surface area contributed by atoms with Crippen LogP contribution in [0.15, 0.2) is 12.1 Å². The summed E-state index contributed by atoms with van der Waals surface area (Å²) in [6.45, 7) is 5.60. The van der Waals surface area contributed by atoms with E-state index in [0.717, 1.165) is 64.0 Å². The quantitative estimate of drug-likeness (QED) is 0.892. The molecule has 2 saturated heterocycles. The van der Waals surface area contributed by atoms with Crippen molar-refractivity contribution in [1.29, 1.82) is 0 Å². The summed E-state index contributed by atoms with van der Waals surface area (Å²) in [4.78, 5) is 20.1. The van der Waals surface area contributed by atoms with Gasteiger partial charge in [0.05, 0.1) is 6.10 Å². The van der Waals surface area contributed by atoms with Crippen LogP contribution in [0.25, 0.3) is 0 Å². The number of H-pyrrole nitrogens is 1. The monoisotopic (exact) mass is 305 g/mol. The van der Waals surface area contributed by atoms with Crippen molar-refractivity contribution in [3.8, 4) is 0 Å². The largest absolute Gasteiger partial charge is 0.392 e.